The van der Waals surface area contributed by atoms with E-state index < -0.39 is 0 Å². The molecule has 27 heavy (non-hydrogen) atoms. The van der Waals surface area contributed by atoms with Crippen molar-refractivity contribution in [1.82, 2.24) is 15.4 Å². The van der Waals surface area contributed by atoms with Crippen molar-refractivity contribution in [1.29, 1.82) is 0 Å². The number of fused-ring (bicyclic) bond motifs is 1. The van der Waals surface area contributed by atoms with Crippen molar-refractivity contribution in [2.24, 2.45) is 11.7 Å². The number of thioether (sulfide) groups is 1. The summed E-state index contributed by atoms with van der Waals surface area (Å²) in [5, 5.41) is 0.634. The van der Waals surface area contributed by atoms with Gasteiger partial charge in [0.2, 0.25) is 0 Å². The minimum absolute atomic E-state index is 0.149. The summed E-state index contributed by atoms with van der Waals surface area (Å²) in [5.41, 5.74) is 13.5. The Morgan fingerprint density at radius 3 is 2.74 bits per heavy atom. The summed E-state index contributed by atoms with van der Waals surface area (Å²) in [7, 11) is 0. The van der Waals surface area contributed by atoms with Crippen LogP contribution in [0.5, 0.6) is 0 Å². The molecule has 8 heteroatoms. The molecule has 2 heterocycles. The second kappa shape index (κ2) is 8.48. The molecule has 1 atom stereocenters. The fraction of sp³-hybridized carbons (Fsp3) is 0.368. The van der Waals surface area contributed by atoms with E-state index in [1.165, 1.54) is 11.8 Å². The number of aromatic nitrogens is 1. The van der Waals surface area contributed by atoms with Crippen LogP contribution in [0.15, 0.2) is 40.2 Å². The van der Waals surface area contributed by atoms with Gasteiger partial charge in [-0.25, -0.2) is 5.43 Å². The summed E-state index contributed by atoms with van der Waals surface area (Å²) in [5.74, 6) is 0.728. The molecule has 1 aliphatic rings. The van der Waals surface area contributed by atoms with Crippen LogP contribution in [0.25, 0.3) is 0 Å². The van der Waals surface area contributed by atoms with Crippen LogP contribution in [0.3, 0.4) is 0 Å². The van der Waals surface area contributed by atoms with Crippen molar-refractivity contribution in [2.75, 3.05) is 12.3 Å². The average molecular weight is 407 g/mol. The molecule has 6 nitrogen and oxygen atoms in total. The first-order chi connectivity index (χ1) is 12.9. The van der Waals surface area contributed by atoms with Crippen molar-refractivity contribution in [3.05, 3.63) is 62.5 Å². The van der Waals surface area contributed by atoms with Gasteiger partial charge in [-0.2, -0.15) is 0 Å². The molecule has 0 bridgehead atoms. The Kier molecular flexibility index (Phi) is 6.26. The first-order valence-corrected chi connectivity index (χ1v) is 10.2. The van der Waals surface area contributed by atoms with Gasteiger partial charge < -0.3 is 10.3 Å². The molecular weight excluding hydrogens is 384 g/mol. The number of carbonyl (C=O) groups is 1. The number of amides is 1. The zero-order valence-electron chi connectivity index (χ0n) is 15.3. The number of nitrogens with two attached hydrogens (primary N) is 1. The summed E-state index contributed by atoms with van der Waals surface area (Å²) >= 11 is 7.39. The summed E-state index contributed by atoms with van der Waals surface area (Å²) in [6.07, 6.45) is 1.62. The number of hydrazine groups is 1. The van der Waals surface area contributed by atoms with Crippen molar-refractivity contribution in [2.45, 2.75) is 31.3 Å². The van der Waals surface area contributed by atoms with Crippen LogP contribution < -0.4 is 22.1 Å². The van der Waals surface area contributed by atoms with E-state index in [9.17, 15) is 9.59 Å². The summed E-state index contributed by atoms with van der Waals surface area (Å²) < 4.78 is 1.55. The van der Waals surface area contributed by atoms with Gasteiger partial charge in [0, 0.05) is 40.0 Å². The highest BCUT2D eigenvalue weighted by atomic mass is 35.5. The Bertz CT molecular complexity index is 896. The van der Waals surface area contributed by atoms with E-state index in [2.05, 4.69) is 24.7 Å². The monoisotopic (exact) mass is 406 g/mol. The molecule has 1 aromatic carbocycles. The minimum atomic E-state index is -0.370. The van der Waals surface area contributed by atoms with Crippen LogP contribution in [0.2, 0.25) is 5.02 Å². The lowest BCUT2D eigenvalue weighted by molar-refractivity contribution is 0.0927. The van der Waals surface area contributed by atoms with Gasteiger partial charge in [0.05, 0.1) is 12.1 Å². The Morgan fingerprint density at radius 2 is 2.07 bits per heavy atom. The molecule has 0 spiro atoms. The summed E-state index contributed by atoms with van der Waals surface area (Å²) in [6, 6.07) is 6.91. The molecule has 1 aromatic heterocycles. The number of hydrogen-bond acceptors (Lipinski definition) is 5. The highest BCUT2D eigenvalue weighted by Crippen LogP contribution is 2.37. The van der Waals surface area contributed by atoms with E-state index in [1.807, 2.05) is 12.1 Å². The van der Waals surface area contributed by atoms with Gasteiger partial charge in [-0.05, 0) is 23.6 Å². The number of halogens is 1. The van der Waals surface area contributed by atoms with Crippen molar-refractivity contribution >= 4 is 29.3 Å². The van der Waals surface area contributed by atoms with Crippen LogP contribution >= 0.6 is 23.4 Å². The highest BCUT2D eigenvalue weighted by Gasteiger charge is 2.29. The Labute approximate surface area is 167 Å². The number of benzene rings is 1. The fourth-order valence-electron chi connectivity index (χ4n) is 2.88. The molecule has 0 saturated heterocycles. The molecule has 0 fully saturated rings. The molecule has 0 aliphatic carbocycles. The standard InChI is InChI=1S/C19H23ClN4O2S/c1-11(2)7-22-23-18(25)14-9-24(8-12-3-5-13(20)6-4-12)19(26)16-15(21)10-27-17(14)16/h3-6,9,11,15,22H,7-8,10,21H2,1-2H3,(H,23,25)/t15-/m0/s1. The third-order valence-corrected chi connectivity index (χ3v) is 5.77. The Morgan fingerprint density at radius 1 is 1.37 bits per heavy atom. The molecule has 0 unspecified atom stereocenters. The fourth-order valence-corrected chi connectivity index (χ4v) is 4.21. The van der Waals surface area contributed by atoms with E-state index in [0.29, 0.717) is 45.8 Å². The third-order valence-electron chi connectivity index (χ3n) is 4.27. The molecule has 144 valence electrons. The highest BCUT2D eigenvalue weighted by molar-refractivity contribution is 7.99. The smallest absolute Gasteiger partial charge is 0.268 e. The lowest BCUT2D eigenvalue weighted by atomic mass is 10.1. The largest absolute Gasteiger partial charge is 0.323 e. The Hall–Kier alpha value is -1.80. The quantitative estimate of drug-likeness (QED) is 0.641. The molecular formula is C19H23ClN4O2S. The van der Waals surface area contributed by atoms with Crippen LogP contribution in [-0.4, -0.2) is 22.8 Å². The number of hydrogen-bond donors (Lipinski definition) is 3. The van der Waals surface area contributed by atoms with E-state index in [4.69, 9.17) is 17.3 Å². The first kappa shape index (κ1) is 19.9. The Balaban J connectivity index is 1.94. The maximum atomic E-state index is 12.9. The van der Waals surface area contributed by atoms with Crippen molar-refractivity contribution in [3.8, 4) is 0 Å². The van der Waals surface area contributed by atoms with Crippen LogP contribution in [0.4, 0.5) is 0 Å². The first-order valence-electron chi connectivity index (χ1n) is 8.80. The van der Waals surface area contributed by atoms with E-state index in [-0.39, 0.29) is 17.5 Å². The zero-order chi connectivity index (χ0) is 19.6. The molecule has 3 rings (SSSR count). The number of rotatable bonds is 6. The molecule has 1 amide bonds. The van der Waals surface area contributed by atoms with Gasteiger partial charge in [-0.3, -0.25) is 15.0 Å². The maximum Gasteiger partial charge on any atom is 0.268 e. The lowest BCUT2D eigenvalue weighted by Crippen LogP contribution is -2.40. The molecule has 0 saturated carbocycles. The summed E-state index contributed by atoms with van der Waals surface area (Å²) in [4.78, 5) is 26.3. The predicted molar refractivity (Wildman–Crippen MR) is 109 cm³/mol. The molecule has 2 aromatic rings. The van der Waals surface area contributed by atoms with Gasteiger partial charge in [0.15, 0.2) is 0 Å². The number of nitrogens with one attached hydrogen (secondary N) is 2. The van der Waals surface area contributed by atoms with Crippen LogP contribution in [0, 0.1) is 5.92 Å². The molecule has 1 aliphatic heterocycles. The molecule has 0 radical (unpaired) electrons. The second-order valence-electron chi connectivity index (χ2n) is 6.99. The predicted octanol–water partition coefficient (Wildman–Crippen LogP) is 2.55. The third kappa shape index (κ3) is 4.55. The number of pyridine rings is 1. The normalized spacial score (nSPS) is 15.8. The van der Waals surface area contributed by atoms with E-state index >= 15 is 0 Å². The minimum Gasteiger partial charge on any atom is -0.323 e. The summed E-state index contributed by atoms with van der Waals surface area (Å²) in [6.45, 7) is 5.11. The van der Waals surface area contributed by atoms with Crippen molar-refractivity contribution < 1.29 is 4.79 Å². The maximum absolute atomic E-state index is 12.9. The molecule has 4 N–H and O–H groups in total. The van der Waals surface area contributed by atoms with Gasteiger partial charge in [0.1, 0.15) is 0 Å². The van der Waals surface area contributed by atoms with Gasteiger partial charge >= 0.3 is 0 Å². The van der Waals surface area contributed by atoms with E-state index in [0.717, 1.165) is 5.56 Å². The van der Waals surface area contributed by atoms with Crippen LogP contribution in [-0.2, 0) is 6.54 Å². The SMILES string of the molecule is CC(C)CNNC(=O)c1cn(Cc2ccc(Cl)cc2)c(=O)c2c1SC[C@@H]2N. The average Bonchev–Trinajstić information content (AvgIpc) is 3.01. The van der Waals surface area contributed by atoms with Crippen molar-refractivity contribution in [3.63, 3.8) is 0 Å². The van der Waals surface area contributed by atoms with Gasteiger partial charge in [-0.1, -0.05) is 37.6 Å². The van der Waals surface area contributed by atoms with E-state index in [1.54, 1.807) is 22.9 Å². The second-order valence-corrected chi connectivity index (χ2v) is 8.46. The zero-order valence-corrected chi connectivity index (χ0v) is 16.9. The number of carbonyl (C=O) groups excluding carboxylic acids is 1. The lowest BCUT2D eigenvalue weighted by Gasteiger charge is -2.15. The topological polar surface area (TPSA) is 89.1 Å². The van der Waals surface area contributed by atoms with Gasteiger partial charge in [-0.15, -0.1) is 11.8 Å². The van der Waals surface area contributed by atoms with Gasteiger partial charge in [0.25, 0.3) is 11.5 Å². The van der Waals surface area contributed by atoms with Crippen LogP contribution in [0.1, 0.15) is 41.4 Å². The number of nitrogens with zero attached hydrogens (tertiary/aromatic N) is 1.